The molecule has 204 valence electrons. The second-order valence-corrected chi connectivity index (χ2v) is 10.1. The minimum Gasteiger partial charge on any atom is -0.377 e. The molecule has 0 aliphatic carbocycles. The van der Waals surface area contributed by atoms with Gasteiger partial charge in [0.1, 0.15) is 5.82 Å². The number of likely N-dealkylation sites (tertiary alicyclic amines) is 1. The van der Waals surface area contributed by atoms with Crippen LogP contribution in [0.3, 0.4) is 0 Å². The van der Waals surface area contributed by atoms with Crippen LogP contribution in [0.5, 0.6) is 0 Å². The normalized spacial score (nSPS) is 15.9. The first-order chi connectivity index (χ1) is 18.6. The lowest BCUT2D eigenvalue weighted by molar-refractivity contribution is -0.119. The molecule has 1 unspecified atom stereocenters. The first-order valence-electron chi connectivity index (χ1n) is 12.9. The van der Waals surface area contributed by atoms with Gasteiger partial charge in [-0.25, -0.2) is 15.0 Å². The first kappa shape index (κ1) is 27.8. The maximum Gasteiger partial charge on any atom is 0.251 e. The maximum absolute atomic E-state index is 12.3. The van der Waals surface area contributed by atoms with Crippen LogP contribution in [0.15, 0.2) is 40.8 Å². The highest BCUT2D eigenvalue weighted by Gasteiger charge is 2.24. The van der Waals surface area contributed by atoms with Gasteiger partial charge in [0.2, 0.25) is 11.9 Å². The third kappa shape index (κ3) is 8.98. The van der Waals surface area contributed by atoms with Crippen molar-refractivity contribution in [3.05, 3.63) is 57.7 Å². The third-order valence-corrected chi connectivity index (χ3v) is 6.95. The van der Waals surface area contributed by atoms with E-state index in [0.717, 1.165) is 54.4 Å². The highest BCUT2D eigenvalue weighted by Crippen LogP contribution is 2.27. The van der Waals surface area contributed by atoms with Crippen molar-refractivity contribution in [3.63, 3.8) is 0 Å². The molecule has 1 atom stereocenters. The number of thiophene rings is 1. The van der Waals surface area contributed by atoms with Crippen molar-refractivity contribution in [1.82, 2.24) is 30.2 Å². The van der Waals surface area contributed by atoms with E-state index >= 15 is 0 Å². The lowest BCUT2D eigenvalue weighted by atomic mass is 9.96. The van der Waals surface area contributed by atoms with Gasteiger partial charge in [-0.2, -0.15) is 0 Å². The predicted octanol–water partition coefficient (Wildman–Crippen LogP) is 2.25. The molecule has 3 aromatic heterocycles. The van der Waals surface area contributed by atoms with Crippen LogP contribution in [0.25, 0.3) is 10.6 Å². The summed E-state index contributed by atoms with van der Waals surface area (Å²) in [5.74, 6) is 1.45. The minimum atomic E-state index is -0.107. The number of carbonyl (C=O) groups is 1. The third-order valence-electron chi connectivity index (χ3n) is 6.06. The van der Waals surface area contributed by atoms with E-state index in [1.807, 2.05) is 29.9 Å². The van der Waals surface area contributed by atoms with Gasteiger partial charge < -0.3 is 25.1 Å². The van der Waals surface area contributed by atoms with E-state index in [9.17, 15) is 9.59 Å². The number of rotatable bonds is 14. The molecule has 0 spiro atoms. The Bertz CT molecular complexity index is 1190. The van der Waals surface area contributed by atoms with Gasteiger partial charge in [0.05, 0.1) is 37.0 Å². The largest absolute Gasteiger partial charge is 0.377 e. The smallest absolute Gasteiger partial charge is 0.251 e. The van der Waals surface area contributed by atoms with E-state index in [4.69, 9.17) is 14.5 Å². The Hall–Kier alpha value is -3.19. The summed E-state index contributed by atoms with van der Waals surface area (Å²) in [6, 6.07) is 5.53. The molecule has 0 bridgehead atoms. The molecule has 0 aromatic carbocycles. The van der Waals surface area contributed by atoms with Gasteiger partial charge in [0, 0.05) is 63.0 Å². The predicted molar refractivity (Wildman–Crippen MR) is 146 cm³/mol. The zero-order chi connectivity index (χ0) is 26.6. The zero-order valence-electron chi connectivity index (χ0n) is 21.6. The van der Waals surface area contributed by atoms with Crippen LogP contribution in [-0.2, 0) is 20.8 Å². The Balaban J connectivity index is 1.17. The van der Waals surface area contributed by atoms with Crippen LogP contribution in [0.2, 0.25) is 0 Å². The summed E-state index contributed by atoms with van der Waals surface area (Å²) in [6.07, 6.45) is 5.73. The van der Waals surface area contributed by atoms with Crippen LogP contribution < -0.4 is 16.2 Å². The molecule has 38 heavy (non-hydrogen) atoms. The van der Waals surface area contributed by atoms with E-state index in [1.54, 1.807) is 17.4 Å². The highest BCUT2D eigenvalue weighted by molar-refractivity contribution is 7.13. The number of H-pyrrole nitrogens is 1. The molecule has 0 radical (unpaired) electrons. The number of aromatic amines is 1. The Morgan fingerprint density at radius 1 is 1.18 bits per heavy atom. The second kappa shape index (κ2) is 14.7. The number of aromatic nitrogens is 4. The monoisotopic (exact) mass is 541 g/mol. The zero-order valence-corrected chi connectivity index (χ0v) is 22.5. The van der Waals surface area contributed by atoms with Gasteiger partial charge in [-0.3, -0.25) is 14.5 Å². The molecule has 12 heteroatoms. The van der Waals surface area contributed by atoms with Crippen LogP contribution in [0.4, 0.5) is 5.95 Å². The second-order valence-electron chi connectivity index (χ2n) is 9.12. The summed E-state index contributed by atoms with van der Waals surface area (Å²) in [5.41, 5.74) is 1.67. The van der Waals surface area contributed by atoms with Gasteiger partial charge >= 0.3 is 0 Å². The molecule has 11 nitrogen and oxygen atoms in total. The maximum atomic E-state index is 12.3. The number of nitrogens with one attached hydrogen (secondary N) is 3. The van der Waals surface area contributed by atoms with Crippen LogP contribution in [0, 0.1) is 0 Å². The number of hydrogen-bond acceptors (Lipinski definition) is 10. The van der Waals surface area contributed by atoms with Crippen molar-refractivity contribution in [3.8, 4) is 10.6 Å². The lowest BCUT2D eigenvalue weighted by Gasteiger charge is -2.32. The van der Waals surface area contributed by atoms with Crippen LogP contribution >= 0.6 is 11.3 Å². The molecule has 4 rings (SSSR count). The lowest BCUT2D eigenvalue weighted by Crippen LogP contribution is -2.35. The van der Waals surface area contributed by atoms with Gasteiger partial charge in [-0.15, -0.1) is 11.3 Å². The average molecular weight is 542 g/mol. The number of hydrogen-bond donors (Lipinski definition) is 3. The summed E-state index contributed by atoms with van der Waals surface area (Å²) in [5, 5.41) is 7.83. The molecule has 0 saturated carbocycles. The Kier molecular flexibility index (Phi) is 10.7. The fourth-order valence-electron chi connectivity index (χ4n) is 4.28. The fraction of sp³-hybridized carbons (Fsp3) is 0.500. The molecule has 1 fully saturated rings. The van der Waals surface area contributed by atoms with Crippen molar-refractivity contribution >= 4 is 23.2 Å². The number of piperidine rings is 1. The van der Waals surface area contributed by atoms with Crippen molar-refractivity contribution in [2.24, 2.45) is 0 Å². The van der Waals surface area contributed by atoms with Crippen LogP contribution in [-0.4, -0.2) is 83.3 Å². The van der Waals surface area contributed by atoms with Gasteiger partial charge in [0.25, 0.3) is 5.56 Å². The number of amides is 1. The van der Waals surface area contributed by atoms with Gasteiger partial charge in [-0.05, 0) is 30.8 Å². The summed E-state index contributed by atoms with van der Waals surface area (Å²) in [4.78, 5) is 43.0. The first-order valence-corrected chi connectivity index (χ1v) is 13.8. The van der Waals surface area contributed by atoms with Crippen molar-refractivity contribution < 1.29 is 14.3 Å². The standard InChI is InChI=1S/C26H35N7O4S/c1-19(34)27-6-9-36-11-12-37-10-7-28-26-29-15-20(16-30-26)17-33-8-2-4-21(18-33)25-31-22(14-24(35)32-25)23-5-3-13-38-23/h3,5,13-16,21H,2,4,6-12,17-18H2,1H3,(H,27,34)(H,28,29,30)(H,31,32,35). The summed E-state index contributed by atoms with van der Waals surface area (Å²) >= 11 is 1.59. The molecule has 4 heterocycles. The minimum absolute atomic E-state index is 0.0609. The fourth-order valence-corrected chi connectivity index (χ4v) is 4.97. The molecule has 3 aromatic rings. The van der Waals surface area contributed by atoms with E-state index in [-0.39, 0.29) is 17.4 Å². The molecule has 1 saturated heterocycles. The topological polar surface area (TPSA) is 134 Å². The van der Waals surface area contributed by atoms with Crippen molar-refractivity contribution in [1.29, 1.82) is 0 Å². The van der Waals surface area contributed by atoms with E-state index < -0.39 is 0 Å². The highest BCUT2D eigenvalue weighted by atomic mass is 32.1. The number of carbonyl (C=O) groups excluding carboxylic acids is 1. The van der Waals surface area contributed by atoms with E-state index in [1.165, 1.54) is 6.92 Å². The van der Waals surface area contributed by atoms with E-state index in [2.05, 4.69) is 30.5 Å². The molecule has 1 amide bonds. The Morgan fingerprint density at radius 3 is 2.71 bits per heavy atom. The van der Waals surface area contributed by atoms with Crippen LogP contribution in [0.1, 0.15) is 37.1 Å². The Labute approximate surface area is 226 Å². The molecule has 3 N–H and O–H groups in total. The quantitative estimate of drug-likeness (QED) is 0.263. The van der Waals surface area contributed by atoms with E-state index in [0.29, 0.717) is 45.5 Å². The molecule has 1 aliphatic rings. The number of nitrogens with zero attached hydrogens (tertiary/aromatic N) is 4. The molecular weight excluding hydrogens is 506 g/mol. The number of ether oxygens (including phenoxy) is 2. The van der Waals surface area contributed by atoms with Gasteiger partial charge in [-0.1, -0.05) is 6.07 Å². The molecule has 1 aliphatic heterocycles. The van der Waals surface area contributed by atoms with Crippen molar-refractivity contribution in [2.45, 2.75) is 32.2 Å². The van der Waals surface area contributed by atoms with Crippen molar-refractivity contribution in [2.75, 3.05) is 57.9 Å². The Morgan fingerprint density at radius 2 is 1.97 bits per heavy atom. The summed E-state index contributed by atoms with van der Waals surface area (Å²) in [6.45, 7) is 7.08. The summed E-state index contributed by atoms with van der Waals surface area (Å²) < 4.78 is 10.9. The number of anilines is 1. The SMILES string of the molecule is CC(=O)NCCOCCOCCNc1ncc(CN2CCCC(c3nc(-c4cccs4)cc(=O)[nH]3)C2)cn1. The van der Waals surface area contributed by atoms with Gasteiger partial charge in [0.15, 0.2) is 0 Å². The average Bonchev–Trinajstić information content (AvgIpc) is 3.46. The summed E-state index contributed by atoms with van der Waals surface area (Å²) in [7, 11) is 0. The molecular formula is C26H35N7O4S.